The molecule has 22 heavy (non-hydrogen) atoms. The molecule has 120 valence electrons. The molecule has 1 aliphatic heterocycles. The van der Waals surface area contributed by atoms with Crippen LogP contribution in [0.15, 0.2) is 0 Å². The molecule has 3 rings (SSSR count). The van der Waals surface area contributed by atoms with Gasteiger partial charge in [-0.25, -0.2) is 9.78 Å². The van der Waals surface area contributed by atoms with E-state index in [1.807, 2.05) is 6.92 Å². The number of nitrogens with zero attached hydrogens (tertiary/aromatic N) is 3. The lowest BCUT2D eigenvalue weighted by atomic mass is 9.81. The fourth-order valence-corrected chi connectivity index (χ4v) is 4.20. The minimum Gasteiger partial charge on any atom is -0.481 e. The second-order valence-electron chi connectivity index (χ2n) is 6.13. The number of carboxylic acid groups (broad SMARTS) is 1. The maximum atomic E-state index is 12.3. The number of carbonyl (C=O) groups is 2. The summed E-state index contributed by atoms with van der Waals surface area (Å²) in [5.74, 6) is 0.0374. The normalized spacial score (nSPS) is 27.0. The molecule has 2 aliphatic rings. The highest BCUT2D eigenvalue weighted by atomic mass is 32.1. The van der Waals surface area contributed by atoms with Crippen molar-refractivity contribution in [1.29, 1.82) is 0 Å². The van der Waals surface area contributed by atoms with Crippen LogP contribution in [0.2, 0.25) is 0 Å². The van der Waals surface area contributed by atoms with Gasteiger partial charge < -0.3 is 10.0 Å². The number of anilines is 1. The van der Waals surface area contributed by atoms with Gasteiger partial charge in [0.2, 0.25) is 5.13 Å². The van der Waals surface area contributed by atoms with E-state index in [1.165, 1.54) is 11.5 Å². The zero-order valence-corrected chi connectivity index (χ0v) is 13.4. The number of amides is 2. The molecule has 2 heterocycles. The summed E-state index contributed by atoms with van der Waals surface area (Å²) in [5, 5.41) is 12.8. The van der Waals surface area contributed by atoms with E-state index in [9.17, 15) is 14.7 Å². The van der Waals surface area contributed by atoms with Crippen molar-refractivity contribution in [1.82, 2.24) is 14.3 Å². The highest BCUT2D eigenvalue weighted by Crippen LogP contribution is 2.48. The summed E-state index contributed by atoms with van der Waals surface area (Å²) in [6.07, 6.45) is 4.23. The fourth-order valence-electron chi connectivity index (χ4n) is 3.59. The van der Waals surface area contributed by atoms with Gasteiger partial charge in [-0.15, -0.1) is 0 Å². The first-order valence-electron chi connectivity index (χ1n) is 7.67. The van der Waals surface area contributed by atoms with Crippen molar-refractivity contribution in [2.24, 2.45) is 11.3 Å². The molecule has 1 aliphatic carbocycles. The van der Waals surface area contributed by atoms with E-state index in [4.69, 9.17) is 0 Å². The van der Waals surface area contributed by atoms with Crippen LogP contribution in [0.1, 0.15) is 38.4 Å². The molecule has 0 unspecified atom stereocenters. The van der Waals surface area contributed by atoms with Crippen molar-refractivity contribution in [3.05, 3.63) is 5.82 Å². The number of urea groups is 1. The van der Waals surface area contributed by atoms with Crippen molar-refractivity contribution in [2.75, 3.05) is 18.4 Å². The summed E-state index contributed by atoms with van der Waals surface area (Å²) in [6, 6.07) is -0.269. The highest BCUT2D eigenvalue weighted by molar-refractivity contribution is 7.09. The topological polar surface area (TPSA) is 95.4 Å². The average Bonchev–Trinajstić information content (AvgIpc) is 3.12. The molecule has 2 atom stereocenters. The number of fused-ring (bicyclic) bond motifs is 1. The van der Waals surface area contributed by atoms with Gasteiger partial charge in [-0.3, -0.25) is 10.1 Å². The first-order valence-corrected chi connectivity index (χ1v) is 8.44. The molecule has 0 bridgehead atoms. The Morgan fingerprint density at radius 3 is 3.05 bits per heavy atom. The largest absolute Gasteiger partial charge is 0.481 e. The minimum atomic E-state index is -0.772. The third-order valence-corrected chi connectivity index (χ3v) is 5.41. The van der Waals surface area contributed by atoms with E-state index in [2.05, 4.69) is 14.7 Å². The van der Waals surface area contributed by atoms with E-state index in [0.29, 0.717) is 24.6 Å². The molecule has 0 spiro atoms. The van der Waals surface area contributed by atoms with E-state index in [0.717, 1.165) is 31.5 Å². The zero-order chi connectivity index (χ0) is 15.7. The standard InChI is InChI=1S/C14H20N4O3S/c1-2-4-10-15-12(22-17-10)16-13(21)18-7-9-5-3-6-14(9,8-18)11(19)20/h9H,2-8H2,1H3,(H,19,20)(H,15,16,17,21)/t9-,14+/m0/s1. The van der Waals surface area contributed by atoms with Gasteiger partial charge in [-0.2, -0.15) is 4.37 Å². The first kappa shape index (κ1) is 15.2. The molecule has 2 fully saturated rings. The van der Waals surface area contributed by atoms with Crippen LogP contribution in [0.4, 0.5) is 9.93 Å². The molecule has 1 aromatic heterocycles. The van der Waals surface area contributed by atoms with Crippen molar-refractivity contribution >= 4 is 28.7 Å². The smallest absolute Gasteiger partial charge is 0.323 e. The molecule has 1 saturated heterocycles. The predicted octanol–water partition coefficient (Wildman–Crippen LogP) is 2.21. The lowest BCUT2D eigenvalue weighted by molar-refractivity contribution is -0.149. The third kappa shape index (κ3) is 2.55. The summed E-state index contributed by atoms with van der Waals surface area (Å²) in [7, 11) is 0. The van der Waals surface area contributed by atoms with Crippen LogP contribution >= 0.6 is 11.5 Å². The second-order valence-corrected chi connectivity index (χ2v) is 6.88. The fraction of sp³-hybridized carbons (Fsp3) is 0.714. The van der Waals surface area contributed by atoms with Crippen LogP contribution in [0.25, 0.3) is 0 Å². The Balaban J connectivity index is 1.65. The number of rotatable bonds is 4. The Kier molecular flexibility index (Phi) is 4.03. The maximum Gasteiger partial charge on any atom is 0.323 e. The molecule has 8 heteroatoms. The Labute approximate surface area is 132 Å². The van der Waals surface area contributed by atoms with Gasteiger partial charge in [0, 0.05) is 31.0 Å². The Bertz CT molecular complexity index is 590. The lowest BCUT2D eigenvalue weighted by Crippen LogP contribution is -2.38. The monoisotopic (exact) mass is 324 g/mol. The van der Waals surface area contributed by atoms with Crippen LogP contribution in [0.3, 0.4) is 0 Å². The first-order chi connectivity index (χ1) is 10.5. The molecule has 0 aromatic carbocycles. The van der Waals surface area contributed by atoms with Gasteiger partial charge in [0.25, 0.3) is 0 Å². The van der Waals surface area contributed by atoms with Crippen LogP contribution in [-0.2, 0) is 11.2 Å². The number of nitrogens with one attached hydrogen (secondary N) is 1. The Morgan fingerprint density at radius 1 is 1.55 bits per heavy atom. The average molecular weight is 324 g/mol. The van der Waals surface area contributed by atoms with Crippen LogP contribution < -0.4 is 5.32 Å². The number of hydrogen-bond acceptors (Lipinski definition) is 5. The molecule has 0 radical (unpaired) electrons. The summed E-state index contributed by atoms with van der Waals surface area (Å²) in [5.41, 5.74) is -0.744. The molecule has 7 nitrogen and oxygen atoms in total. The van der Waals surface area contributed by atoms with Gasteiger partial charge >= 0.3 is 12.0 Å². The zero-order valence-electron chi connectivity index (χ0n) is 12.5. The summed E-state index contributed by atoms with van der Waals surface area (Å²) in [4.78, 5) is 29.8. The quantitative estimate of drug-likeness (QED) is 0.885. The van der Waals surface area contributed by atoms with Crippen LogP contribution in [-0.4, -0.2) is 44.5 Å². The maximum absolute atomic E-state index is 12.3. The third-order valence-electron chi connectivity index (χ3n) is 4.74. The minimum absolute atomic E-state index is 0.0702. The lowest BCUT2D eigenvalue weighted by Gasteiger charge is -2.23. The van der Waals surface area contributed by atoms with E-state index in [-0.39, 0.29) is 11.9 Å². The number of aryl methyl sites for hydroxylation is 1. The van der Waals surface area contributed by atoms with Crippen LogP contribution in [0, 0.1) is 11.3 Å². The summed E-state index contributed by atoms with van der Waals surface area (Å²) in [6.45, 7) is 2.85. The van der Waals surface area contributed by atoms with Crippen molar-refractivity contribution in [3.63, 3.8) is 0 Å². The molecular formula is C14H20N4O3S. The molecule has 2 amide bonds. The molecule has 1 saturated carbocycles. The molecular weight excluding hydrogens is 304 g/mol. The van der Waals surface area contributed by atoms with Gasteiger partial charge in [0.1, 0.15) is 5.82 Å². The van der Waals surface area contributed by atoms with Crippen molar-refractivity contribution < 1.29 is 14.7 Å². The highest BCUT2D eigenvalue weighted by Gasteiger charge is 2.55. The molecule has 1 aromatic rings. The van der Waals surface area contributed by atoms with E-state index >= 15 is 0 Å². The van der Waals surface area contributed by atoms with Gasteiger partial charge in [-0.05, 0) is 25.2 Å². The second kappa shape index (κ2) is 5.83. The number of likely N-dealkylation sites (tertiary alicyclic amines) is 1. The number of carbonyl (C=O) groups excluding carboxylic acids is 1. The SMILES string of the molecule is CCCc1nsc(NC(=O)N2C[C@@H]3CCC[C@@]3(C(=O)O)C2)n1. The summed E-state index contributed by atoms with van der Waals surface area (Å²) >= 11 is 1.17. The van der Waals surface area contributed by atoms with Gasteiger partial charge in [-0.1, -0.05) is 13.3 Å². The Hall–Kier alpha value is -1.70. The number of hydrogen-bond donors (Lipinski definition) is 2. The van der Waals surface area contributed by atoms with Crippen molar-refractivity contribution in [3.8, 4) is 0 Å². The number of aliphatic carboxylic acids is 1. The van der Waals surface area contributed by atoms with E-state index in [1.54, 1.807) is 4.90 Å². The van der Waals surface area contributed by atoms with Gasteiger partial charge in [0.15, 0.2) is 0 Å². The summed E-state index contributed by atoms with van der Waals surface area (Å²) < 4.78 is 4.19. The van der Waals surface area contributed by atoms with Crippen molar-refractivity contribution in [2.45, 2.75) is 39.0 Å². The van der Waals surface area contributed by atoms with Gasteiger partial charge in [0.05, 0.1) is 5.41 Å². The van der Waals surface area contributed by atoms with E-state index < -0.39 is 11.4 Å². The van der Waals surface area contributed by atoms with Crippen LogP contribution in [0.5, 0.6) is 0 Å². The predicted molar refractivity (Wildman–Crippen MR) is 81.9 cm³/mol. The molecule has 2 N–H and O–H groups in total. The number of carboxylic acids is 1. The number of aromatic nitrogens is 2. The Morgan fingerprint density at radius 2 is 2.36 bits per heavy atom.